The Bertz CT molecular complexity index is 1210. The van der Waals surface area contributed by atoms with E-state index in [0.717, 1.165) is 38.5 Å². The molecule has 9 heteroatoms. The van der Waals surface area contributed by atoms with Gasteiger partial charge in [-0.25, -0.2) is 4.79 Å². The first-order chi connectivity index (χ1) is 37.1. The summed E-state index contributed by atoms with van der Waals surface area (Å²) in [6, 6.07) is 0. The lowest BCUT2D eigenvalue weighted by molar-refractivity contribution is -0.870. The van der Waals surface area contributed by atoms with Crippen molar-refractivity contribution in [3.05, 3.63) is 0 Å². The van der Waals surface area contributed by atoms with Crippen LogP contribution in [0.2, 0.25) is 0 Å². The van der Waals surface area contributed by atoms with Crippen LogP contribution in [0.25, 0.3) is 0 Å². The largest absolute Gasteiger partial charge is 0.477 e. The maximum absolute atomic E-state index is 12.9. The van der Waals surface area contributed by atoms with Gasteiger partial charge >= 0.3 is 17.9 Å². The van der Waals surface area contributed by atoms with Crippen LogP contribution in [0, 0.1) is 0 Å². The van der Waals surface area contributed by atoms with E-state index in [2.05, 4.69) is 13.8 Å². The lowest BCUT2D eigenvalue weighted by atomic mass is 10.0. The zero-order valence-corrected chi connectivity index (χ0v) is 51.7. The number of carboxylic acids is 1. The van der Waals surface area contributed by atoms with Crippen molar-refractivity contribution in [2.24, 2.45) is 0 Å². The van der Waals surface area contributed by atoms with E-state index in [9.17, 15) is 19.5 Å². The summed E-state index contributed by atoms with van der Waals surface area (Å²) in [5.74, 6) is -1.97. The highest BCUT2D eigenvalue weighted by Crippen LogP contribution is 2.19. The average Bonchev–Trinajstić information content (AvgIpc) is 3.39. The lowest BCUT2D eigenvalue weighted by Crippen LogP contribution is -2.40. The van der Waals surface area contributed by atoms with Crippen molar-refractivity contribution >= 4 is 17.9 Å². The van der Waals surface area contributed by atoms with Crippen LogP contribution in [-0.4, -0.2) is 87.4 Å². The molecule has 0 aliphatic rings. The van der Waals surface area contributed by atoms with Crippen LogP contribution >= 0.6 is 0 Å². The van der Waals surface area contributed by atoms with Crippen molar-refractivity contribution < 1.29 is 42.9 Å². The highest BCUT2D eigenvalue weighted by atomic mass is 16.7. The summed E-state index contributed by atoms with van der Waals surface area (Å²) in [5, 5.41) is 9.73. The molecular formula is C67H132NO8+. The number of nitrogens with zero attached hydrogens (tertiary/aromatic N) is 1. The van der Waals surface area contributed by atoms with Gasteiger partial charge in [-0.1, -0.05) is 328 Å². The molecule has 0 amide bonds. The summed E-state index contributed by atoms with van der Waals surface area (Å²) in [5.41, 5.74) is 0. The first kappa shape index (κ1) is 74.3. The van der Waals surface area contributed by atoms with Crippen molar-refractivity contribution in [2.75, 3.05) is 47.5 Å². The Labute approximate surface area is 473 Å². The first-order valence-electron chi connectivity index (χ1n) is 33.7. The minimum atomic E-state index is -1.50. The highest BCUT2D eigenvalue weighted by Gasteiger charge is 2.25. The average molecular weight is 1080 g/mol. The van der Waals surface area contributed by atoms with Gasteiger partial charge in [-0.2, -0.15) is 0 Å². The molecule has 76 heavy (non-hydrogen) atoms. The summed E-state index contributed by atoms with van der Waals surface area (Å²) in [6.45, 7) is 4.97. The van der Waals surface area contributed by atoms with Crippen molar-refractivity contribution in [3.8, 4) is 0 Å². The number of quaternary nitrogens is 1. The molecule has 0 aromatic heterocycles. The summed E-state index contributed by atoms with van der Waals surface area (Å²) in [7, 11) is 5.99. The smallest absolute Gasteiger partial charge is 0.361 e. The molecule has 9 nitrogen and oxygen atoms in total. The van der Waals surface area contributed by atoms with E-state index in [1.807, 2.05) is 21.1 Å². The third-order valence-corrected chi connectivity index (χ3v) is 15.6. The Morgan fingerprint density at radius 3 is 0.842 bits per heavy atom. The van der Waals surface area contributed by atoms with Gasteiger partial charge in [0, 0.05) is 12.8 Å². The molecule has 0 heterocycles. The standard InChI is InChI=1S/C67H131NO8/c1-6-8-10-12-14-16-18-20-22-24-26-28-30-31-32-33-34-36-38-40-42-44-46-48-50-52-54-56-58-65(70)76-63(62-75-67(66(71)72)73-60-59-68(3,4)5)61-74-64(69)57-55-53-51-49-47-45-43-41-39-37-35-29-27-25-23-21-19-17-15-13-11-9-7-2/h63,67H,6-62H2,1-5H3/p+1. The number of likely N-dealkylation sites (N-methyl/N-ethyl adjacent to an activating group) is 1. The van der Waals surface area contributed by atoms with E-state index >= 15 is 0 Å². The van der Waals surface area contributed by atoms with Gasteiger partial charge in [-0.3, -0.25) is 9.59 Å². The van der Waals surface area contributed by atoms with Gasteiger partial charge in [0.2, 0.25) is 0 Å². The van der Waals surface area contributed by atoms with Crippen LogP contribution in [-0.2, 0) is 33.3 Å². The molecule has 0 spiro atoms. The molecule has 452 valence electrons. The van der Waals surface area contributed by atoms with E-state index in [-0.39, 0.29) is 38.2 Å². The van der Waals surface area contributed by atoms with Crippen LogP contribution in [0.3, 0.4) is 0 Å². The van der Waals surface area contributed by atoms with Crippen LogP contribution < -0.4 is 0 Å². The Balaban J connectivity index is 4.07. The van der Waals surface area contributed by atoms with E-state index in [0.29, 0.717) is 17.4 Å². The van der Waals surface area contributed by atoms with Gasteiger partial charge in [-0.05, 0) is 12.8 Å². The zero-order valence-electron chi connectivity index (χ0n) is 51.7. The van der Waals surface area contributed by atoms with Gasteiger partial charge in [0.1, 0.15) is 13.2 Å². The SMILES string of the molecule is CCCCCCCCCCCCCCCCCCCCCCCCCCCCCCC(=O)OC(COC(=O)CCCCCCCCCCCCCCCCCCCCCCCCC)COC(OCC[N+](C)(C)C)C(=O)O. The summed E-state index contributed by atoms with van der Waals surface area (Å²) >= 11 is 0. The maximum Gasteiger partial charge on any atom is 0.361 e. The van der Waals surface area contributed by atoms with E-state index < -0.39 is 18.4 Å². The second kappa shape index (κ2) is 59.4. The van der Waals surface area contributed by atoms with Gasteiger partial charge < -0.3 is 28.5 Å². The predicted octanol–water partition coefficient (Wildman–Crippen LogP) is 20.3. The Morgan fingerprint density at radius 2 is 0.592 bits per heavy atom. The van der Waals surface area contributed by atoms with E-state index in [1.54, 1.807) is 0 Å². The second-order valence-corrected chi connectivity index (χ2v) is 24.5. The molecule has 0 aliphatic heterocycles. The molecule has 0 rings (SSSR count). The molecule has 0 aromatic carbocycles. The minimum Gasteiger partial charge on any atom is -0.477 e. The molecule has 0 saturated carbocycles. The van der Waals surface area contributed by atoms with E-state index in [1.165, 1.54) is 289 Å². The molecule has 0 bridgehead atoms. The van der Waals surface area contributed by atoms with Crippen molar-refractivity contribution in [3.63, 3.8) is 0 Å². The minimum absolute atomic E-state index is 0.172. The molecular weight excluding hydrogens is 947 g/mol. The van der Waals surface area contributed by atoms with E-state index in [4.69, 9.17) is 18.9 Å². The third-order valence-electron chi connectivity index (χ3n) is 15.6. The Morgan fingerprint density at radius 1 is 0.342 bits per heavy atom. The molecule has 0 saturated heterocycles. The molecule has 2 unspecified atom stereocenters. The first-order valence-corrected chi connectivity index (χ1v) is 33.7. The highest BCUT2D eigenvalue weighted by molar-refractivity contribution is 5.71. The fraction of sp³-hybridized carbons (Fsp3) is 0.955. The number of carboxylic acid groups (broad SMARTS) is 1. The van der Waals surface area contributed by atoms with Crippen LogP contribution in [0.15, 0.2) is 0 Å². The van der Waals surface area contributed by atoms with Gasteiger partial charge in [0.15, 0.2) is 6.10 Å². The summed E-state index contributed by atoms with van der Waals surface area (Å²) in [6.07, 6.45) is 66.4. The topological polar surface area (TPSA) is 108 Å². The van der Waals surface area contributed by atoms with Crippen LogP contribution in [0.4, 0.5) is 0 Å². The monoisotopic (exact) mass is 1080 g/mol. The maximum atomic E-state index is 12.9. The Hall–Kier alpha value is -1.71. The molecule has 0 radical (unpaired) electrons. The number of unbranched alkanes of at least 4 members (excludes halogenated alkanes) is 49. The number of aliphatic carboxylic acids is 1. The fourth-order valence-electron chi connectivity index (χ4n) is 10.4. The zero-order chi connectivity index (χ0) is 55.5. The number of hydrogen-bond acceptors (Lipinski definition) is 7. The van der Waals surface area contributed by atoms with Gasteiger partial charge in [0.05, 0.1) is 34.4 Å². The summed E-state index contributed by atoms with van der Waals surface area (Å²) < 4.78 is 23.0. The molecule has 0 fully saturated rings. The van der Waals surface area contributed by atoms with Crippen molar-refractivity contribution in [2.45, 2.75) is 367 Å². The van der Waals surface area contributed by atoms with Gasteiger partial charge in [0.25, 0.3) is 6.29 Å². The van der Waals surface area contributed by atoms with Crippen molar-refractivity contribution in [1.82, 2.24) is 0 Å². The number of carbonyl (C=O) groups is 3. The third kappa shape index (κ3) is 59.9. The summed E-state index contributed by atoms with van der Waals surface area (Å²) in [4.78, 5) is 37.6. The Kier molecular flexibility index (Phi) is 58.1. The second-order valence-electron chi connectivity index (χ2n) is 24.5. The normalized spacial score (nSPS) is 12.6. The number of ether oxygens (including phenoxy) is 4. The number of carbonyl (C=O) groups excluding carboxylic acids is 2. The molecule has 1 N–H and O–H groups in total. The van der Waals surface area contributed by atoms with Crippen molar-refractivity contribution in [1.29, 1.82) is 0 Å². The molecule has 0 aromatic rings. The number of hydrogen-bond donors (Lipinski definition) is 1. The quantitative estimate of drug-likeness (QED) is 0.0278. The molecule has 2 atom stereocenters. The molecule has 0 aliphatic carbocycles. The van der Waals surface area contributed by atoms with Crippen LogP contribution in [0.5, 0.6) is 0 Å². The number of rotatable bonds is 64. The predicted molar refractivity (Wildman–Crippen MR) is 323 cm³/mol. The number of esters is 2. The van der Waals surface area contributed by atoms with Crippen LogP contribution in [0.1, 0.15) is 354 Å². The van der Waals surface area contributed by atoms with Gasteiger partial charge in [-0.15, -0.1) is 0 Å². The lowest BCUT2D eigenvalue weighted by Gasteiger charge is -2.25. The fourth-order valence-corrected chi connectivity index (χ4v) is 10.4.